The van der Waals surface area contributed by atoms with Crippen molar-refractivity contribution in [3.63, 3.8) is 0 Å². The summed E-state index contributed by atoms with van der Waals surface area (Å²) in [6, 6.07) is 13.5. The van der Waals surface area contributed by atoms with Crippen molar-refractivity contribution in [1.29, 1.82) is 0 Å². The normalized spacial score (nSPS) is 11.6. The van der Waals surface area contributed by atoms with Crippen molar-refractivity contribution in [1.82, 2.24) is 14.9 Å². The Morgan fingerprint density at radius 2 is 1.68 bits per heavy atom. The lowest BCUT2D eigenvalue weighted by Gasteiger charge is -2.23. The molecule has 0 saturated heterocycles. The lowest BCUT2D eigenvalue weighted by atomic mass is 9.92. The van der Waals surface area contributed by atoms with E-state index in [4.69, 9.17) is 0 Å². The third-order valence-corrected chi connectivity index (χ3v) is 5.49. The SMILES string of the molecule is CCN(CC(=O)Nc1c(C(C)C)cccc1C(C)C)Cc1nc2ccccc2c(=O)[nH]1. The average molecular weight is 421 g/mol. The zero-order valence-corrected chi connectivity index (χ0v) is 19.0. The van der Waals surface area contributed by atoms with Crippen LogP contribution in [-0.4, -0.2) is 33.9 Å². The second-order valence-electron chi connectivity index (χ2n) is 8.50. The minimum Gasteiger partial charge on any atom is -0.324 e. The fourth-order valence-corrected chi connectivity index (χ4v) is 3.78. The van der Waals surface area contributed by atoms with Crippen LogP contribution in [0.3, 0.4) is 0 Å². The number of nitrogens with one attached hydrogen (secondary N) is 2. The summed E-state index contributed by atoms with van der Waals surface area (Å²) in [5.41, 5.74) is 3.71. The van der Waals surface area contributed by atoms with Crippen LogP contribution in [0.5, 0.6) is 0 Å². The number of hydrogen-bond acceptors (Lipinski definition) is 4. The molecule has 2 N–H and O–H groups in total. The zero-order chi connectivity index (χ0) is 22.5. The number of carbonyl (C=O) groups excluding carboxylic acids is 1. The molecular formula is C25H32N4O2. The summed E-state index contributed by atoms with van der Waals surface area (Å²) in [6.07, 6.45) is 0. The Morgan fingerprint density at radius 1 is 1.03 bits per heavy atom. The predicted octanol–water partition coefficient (Wildman–Crippen LogP) is 4.63. The fourth-order valence-electron chi connectivity index (χ4n) is 3.78. The van der Waals surface area contributed by atoms with Gasteiger partial charge >= 0.3 is 0 Å². The molecule has 0 fully saturated rings. The Bertz CT molecular complexity index is 1090. The van der Waals surface area contributed by atoms with E-state index in [2.05, 4.69) is 61.2 Å². The molecule has 0 aliphatic heterocycles. The minimum atomic E-state index is -0.159. The van der Waals surface area contributed by atoms with Gasteiger partial charge in [-0.3, -0.25) is 14.5 Å². The Kier molecular flexibility index (Phi) is 7.23. The Morgan fingerprint density at radius 3 is 2.29 bits per heavy atom. The molecule has 0 unspecified atom stereocenters. The molecule has 1 aromatic heterocycles. The van der Waals surface area contributed by atoms with E-state index in [9.17, 15) is 9.59 Å². The molecule has 0 aliphatic rings. The van der Waals surface area contributed by atoms with Gasteiger partial charge in [0, 0.05) is 5.69 Å². The van der Waals surface area contributed by atoms with Crippen molar-refractivity contribution < 1.29 is 4.79 Å². The largest absolute Gasteiger partial charge is 0.324 e. The monoisotopic (exact) mass is 420 g/mol. The summed E-state index contributed by atoms with van der Waals surface area (Å²) in [5, 5.41) is 3.73. The van der Waals surface area contributed by atoms with E-state index in [0.717, 1.165) is 16.8 Å². The number of hydrogen-bond donors (Lipinski definition) is 2. The van der Waals surface area contributed by atoms with Gasteiger partial charge in [0.15, 0.2) is 0 Å². The molecular weight excluding hydrogens is 388 g/mol. The first kappa shape index (κ1) is 22.7. The summed E-state index contributed by atoms with van der Waals surface area (Å²) in [7, 11) is 0. The van der Waals surface area contributed by atoms with Gasteiger partial charge in [0.1, 0.15) is 5.82 Å². The van der Waals surface area contributed by atoms with Crippen LogP contribution in [0.4, 0.5) is 5.69 Å². The average Bonchev–Trinajstić information content (AvgIpc) is 2.73. The van der Waals surface area contributed by atoms with Crippen LogP contribution in [0.25, 0.3) is 10.9 Å². The second-order valence-corrected chi connectivity index (χ2v) is 8.50. The van der Waals surface area contributed by atoms with Gasteiger partial charge in [-0.15, -0.1) is 0 Å². The van der Waals surface area contributed by atoms with Gasteiger partial charge in [0.05, 0.1) is 24.0 Å². The Labute approximate surface area is 183 Å². The van der Waals surface area contributed by atoms with Crippen molar-refractivity contribution in [2.45, 2.75) is 53.0 Å². The molecule has 6 nitrogen and oxygen atoms in total. The first-order chi connectivity index (χ1) is 14.8. The number of rotatable bonds is 8. The summed E-state index contributed by atoms with van der Waals surface area (Å²) in [5.74, 6) is 1.11. The maximum absolute atomic E-state index is 13.0. The van der Waals surface area contributed by atoms with E-state index in [1.54, 1.807) is 6.07 Å². The topological polar surface area (TPSA) is 78.1 Å². The van der Waals surface area contributed by atoms with E-state index in [-0.39, 0.29) is 18.0 Å². The quantitative estimate of drug-likeness (QED) is 0.557. The number of fused-ring (bicyclic) bond motifs is 1. The van der Waals surface area contributed by atoms with E-state index in [1.807, 2.05) is 30.0 Å². The van der Waals surface area contributed by atoms with Gasteiger partial charge in [-0.05, 0) is 41.6 Å². The Hall–Kier alpha value is -2.99. The molecule has 3 rings (SSSR count). The first-order valence-electron chi connectivity index (χ1n) is 10.9. The number of carbonyl (C=O) groups is 1. The molecule has 164 valence electrons. The number of aromatic nitrogens is 2. The third kappa shape index (κ3) is 5.39. The lowest BCUT2D eigenvalue weighted by Crippen LogP contribution is -2.34. The van der Waals surface area contributed by atoms with Crippen LogP contribution in [-0.2, 0) is 11.3 Å². The minimum absolute atomic E-state index is 0.0695. The van der Waals surface area contributed by atoms with Gasteiger partial charge in [-0.25, -0.2) is 4.98 Å². The number of anilines is 1. The van der Waals surface area contributed by atoms with Crippen molar-refractivity contribution >= 4 is 22.5 Å². The number of H-pyrrole nitrogens is 1. The molecule has 0 spiro atoms. The molecule has 6 heteroatoms. The number of benzene rings is 2. The first-order valence-corrected chi connectivity index (χ1v) is 10.9. The van der Waals surface area contributed by atoms with Crippen LogP contribution in [0.2, 0.25) is 0 Å². The van der Waals surface area contributed by atoms with Crippen LogP contribution < -0.4 is 10.9 Å². The van der Waals surface area contributed by atoms with Crippen molar-refractivity contribution in [2.24, 2.45) is 0 Å². The van der Waals surface area contributed by atoms with Crippen LogP contribution in [0.15, 0.2) is 47.3 Å². The highest BCUT2D eigenvalue weighted by atomic mass is 16.2. The maximum atomic E-state index is 13.0. The van der Waals surface area contributed by atoms with Gasteiger partial charge in [-0.2, -0.15) is 0 Å². The van der Waals surface area contributed by atoms with E-state index in [1.165, 1.54) is 0 Å². The fraction of sp³-hybridized carbons (Fsp3) is 0.400. The van der Waals surface area contributed by atoms with Gasteiger partial charge in [0.25, 0.3) is 5.56 Å². The highest BCUT2D eigenvalue weighted by molar-refractivity contribution is 5.94. The van der Waals surface area contributed by atoms with Crippen molar-refractivity contribution in [2.75, 3.05) is 18.4 Å². The van der Waals surface area contributed by atoms with Gasteiger partial charge < -0.3 is 10.3 Å². The standard InChI is InChI=1S/C25H32N4O2/c1-6-29(14-22-26-21-13-8-7-10-20(21)25(31)27-22)15-23(30)28-24-18(16(2)3)11-9-12-19(24)17(4)5/h7-13,16-17H,6,14-15H2,1-5H3,(H,28,30)(H,26,27,31). The Balaban J connectivity index is 1.78. The predicted molar refractivity (Wildman–Crippen MR) is 127 cm³/mol. The number of para-hydroxylation sites is 2. The van der Waals surface area contributed by atoms with Crippen molar-refractivity contribution in [3.8, 4) is 0 Å². The molecule has 0 aliphatic carbocycles. The highest BCUT2D eigenvalue weighted by Gasteiger charge is 2.18. The molecule has 3 aromatic rings. The second kappa shape index (κ2) is 9.88. The lowest BCUT2D eigenvalue weighted by molar-refractivity contribution is -0.117. The highest BCUT2D eigenvalue weighted by Crippen LogP contribution is 2.32. The number of nitrogens with zero attached hydrogens (tertiary/aromatic N) is 2. The molecule has 0 saturated carbocycles. The van der Waals surface area contributed by atoms with Crippen molar-refractivity contribution in [3.05, 3.63) is 69.8 Å². The molecule has 0 atom stereocenters. The maximum Gasteiger partial charge on any atom is 0.258 e. The number of likely N-dealkylation sites (N-methyl/N-ethyl adjacent to an activating group) is 1. The summed E-state index contributed by atoms with van der Waals surface area (Å²) in [6.45, 7) is 11.8. The molecule has 1 heterocycles. The zero-order valence-electron chi connectivity index (χ0n) is 19.0. The summed E-state index contributed by atoms with van der Waals surface area (Å²) >= 11 is 0. The van der Waals surface area contributed by atoms with Crippen LogP contribution in [0.1, 0.15) is 63.4 Å². The number of amides is 1. The molecule has 31 heavy (non-hydrogen) atoms. The van der Waals surface area contributed by atoms with Gasteiger partial charge in [0.2, 0.25) is 5.91 Å². The number of aromatic amines is 1. The summed E-state index contributed by atoms with van der Waals surface area (Å²) < 4.78 is 0. The molecule has 0 bridgehead atoms. The third-order valence-electron chi connectivity index (χ3n) is 5.49. The molecule has 1 amide bonds. The summed E-state index contributed by atoms with van der Waals surface area (Å²) in [4.78, 5) is 34.7. The molecule has 2 aromatic carbocycles. The van der Waals surface area contributed by atoms with Crippen LogP contribution >= 0.6 is 0 Å². The smallest absolute Gasteiger partial charge is 0.258 e. The van der Waals surface area contributed by atoms with Gasteiger partial charge in [-0.1, -0.05) is 65.0 Å². The van der Waals surface area contributed by atoms with E-state index >= 15 is 0 Å². The molecule has 0 radical (unpaired) electrons. The van der Waals surface area contributed by atoms with E-state index in [0.29, 0.717) is 41.7 Å². The van der Waals surface area contributed by atoms with E-state index < -0.39 is 0 Å². The van der Waals surface area contributed by atoms with Crippen LogP contribution in [0, 0.1) is 0 Å².